The Balaban J connectivity index is 1.89. The number of rotatable bonds is 6. The van der Waals surface area contributed by atoms with Gasteiger partial charge < -0.3 is 14.6 Å². The molecule has 2 aromatic rings. The Hall–Kier alpha value is -2.33. The first kappa shape index (κ1) is 17.5. The van der Waals surface area contributed by atoms with Crippen LogP contribution in [0.5, 0.6) is 0 Å². The Morgan fingerprint density at radius 1 is 1.44 bits per heavy atom. The van der Waals surface area contributed by atoms with E-state index < -0.39 is 18.5 Å². The summed E-state index contributed by atoms with van der Waals surface area (Å²) in [4.78, 5) is 23.7. The van der Waals surface area contributed by atoms with Crippen LogP contribution < -0.4 is 5.56 Å². The first-order valence-corrected chi connectivity index (χ1v) is 8.29. The summed E-state index contributed by atoms with van der Waals surface area (Å²) in [6.07, 6.45) is 1.82. The molecule has 1 saturated heterocycles. The van der Waals surface area contributed by atoms with E-state index in [1.54, 1.807) is 0 Å². The van der Waals surface area contributed by atoms with Crippen molar-refractivity contribution in [2.75, 3.05) is 6.61 Å². The molecule has 3 rings (SSSR count). The van der Waals surface area contributed by atoms with Crippen LogP contribution in [0.25, 0.3) is 11.0 Å². The van der Waals surface area contributed by atoms with E-state index in [0.29, 0.717) is 30.5 Å². The van der Waals surface area contributed by atoms with E-state index in [-0.39, 0.29) is 24.2 Å². The molecule has 10 nitrogen and oxygen atoms in total. The summed E-state index contributed by atoms with van der Waals surface area (Å²) in [5.74, 6) is -0.374. The smallest absolute Gasteiger partial charge is 0.302 e. The van der Waals surface area contributed by atoms with Crippen LogP contribution in [0.3, 0.4) is 0 Å². The summed E-state index contributed by atoms with van der Waals surface area (Å²) in [6.45, 7) is 3.06. The van der Waals surface area contributed by atoms with E-state index in [0.717, 1.165) is 6.42 Å². The molecule has 1 aliphatic rings. The molecule has 2 unspecified atom stereocenters. The third-order valence-electron chi connectivity index (χ3n) is 4.10. The van der Waals surface area contributed by atoms with Crippen LogP contribution >= 0.6 is 0 Å². The number of hydrogen-bond acceptors (Lipinski definition) is 8. The molecule has 1 aliphatic heterocycles. The normalized spacial score (nSPS) is 20.3. The summed E-state index contributed by atoms with van der Waals surface area (Å²) in [5.41, 5.74) is 0.856. The minimum Gasteiger partial charge on any atom is -0.463 e. The maximum atomic E-state index is 12.8. The maximum absolute atomic E-state index is 12.8. The molecule has 0 radical (unpaired) electrons. The van der Waals surface area contributed by atoms with Crippen molar-refractivity contribution in [3.63, 3.8) is 0 Å². The van der Waals surface area contributed by atoms with Gasteiger partial charge >= 0.3 is 5.97 Å². The van der Waals surface area contributed by atoms with Gasteiger partial charge in [-0.1, -0.05) is 18.6 Å². The van der Waals surface area contributed by atoms with Gasteiger partial charge in [-0.2, -0.15) is 9.78 Å². The molecule has 1 fully saturated rings. The molecule has 2 aromatic heterocycles. The highest BCUT2D eigenvalue weighted by Crippen LogP contribution is 2.27. The van der Waals surface area contributed by atoms with E-state index in [1.807, 2.05) is 6.92 Å². The second kappa shape index (κ2) is 7.28. The summed E-state index contributed by atoms with van der Waals surface area (Å²) in [6, 6.07) is 0. The van der Waals surface area contributed by atoms with Gasteiger partial charge in [0.25, 0.3) is 5.56 Å². The predicted molar refractivity (Wildman–Crippen MR) is 85.6 cm³/mol. The fourth-order valence-corrected chi connectivity index (χ4v) is 2.96. The Morgan fingerprint density at radius 2 is 2.24 bits per heavy atom. The number of nitrogens with zero attached hydrogens (tertiary/aromatic N) is 5. The molecule has 0 spiro atoms. The van der Waals surface area contributed by atoms with Crippen molar-refractivity contribution >= 4 is 17.0 Å². The fourth-order valence-electron chi connectivity index (χ4n) is 2.96. The average Bonchev–Trinajstić information content (AvgIpc) is 3.19. The van der Waals surface area contributed by atoms with Crippen LogP contribution in [0, 0.1) is 0 Å². The van der Waals surface area contributed by atoms with Crippen molar-refractivity contribution in [1.29, 1.82) is 0 Å². The van der Waals surface area contributed by atoms with Crippen LogP contribution in [0.4, 0.5) is 0 Å². The molecule has 25 heavy (non-hydrogen) atoms. The van der Waals surface area contributed by atoms with Crippen molar-refractivity contribution in [3.05, 3.63) is 16.0 Å². The second-order valence-corrected chi connectivity index (χ2v) is 5.97. The minimum atomic E-state index is -0.582. The molecule has 10 heteroatoms. The number of fused-ring (bicyclic) bond motifs is 1. The van der Waals surface area contributed by atoms with Crippen molar-refractivity contribution in [2.24, 2.45) is 0 Å². The molecule has 136 valence electrons. The van der Waals surface area contributed by atoms with Crippen molar-refractivity contribution in [3.8, 4) is 0 Å². The van der Waals surface area contributed by atoms with Gasteiger partial charge in [0, 0.05) is 6.92 Å². The molecule has 0 saturated carbocycles. The summed E-state index contributed by atoms with van der Waals surface area (Å²) in [5, 5.41) is 21.8. The number of aliphatic hydroxyl groups is 1. The predicted octanol–water partition coefficient (Wildman–Crippen LogP) is 0.131. The van der Waals surface area contributed by atoms with Gasteiger partial charge in [0.2, 0.25) is 0 Å². The lowest BCUT2D eigenvalue weighted by Gasteiger charge is -2.14. The summed E-state index contributed by atoms with van der Waals surface area (Å²) >= 11 is 0. The van der Waals surface area contributed by atoms with Crippen molar-refractivity contribution < 1.29 is 19.4 Å². The number of esters is 1. The molecular formula is C15H21N5O5. The molecule has 1 N–H and O–H groups in total. The Bertz CT molecular complexity index is 830. The number of aromatic nitrogens is 5. The van der Waals surface area contributed by atoms with Crippen LogP contribution in [0.2, 0.25) is 0 Å². The van der Waals surface area contributed by atoms with Gasteiger partial charge in [-0.3, -0.25) is 9.59 Å². The van der Waals surface area contributed by atoms with Crippen LogP contribution in [-0.4, -0.2) is 48.6 Å². The van der Waals surface area contributed by atoms with Gasteiger partial charge in [-0.15, -0.1) is 5.10 Å². The zero-order chi connectivity index (χ0) is 18.0. The number of ether oxygens (including phenoxy) is 2. The van der Waals surface area contributed by atoms with Crippen molar-refractivity contribution in [2.45, 2.75) is 58.6 Å². The molecule has 3 heterocycles. The number of aryl methyl sites for hydroxylation is 1. The maximum Gasteiger partial charge on any atom is 0.302 e. The van der Waals surface area contributed by atoms with Crippen LogP contribution in [-0.2, 0) is 27.4 Å². The number of carbonyl (C=O) groups excluding carboxylic acids is 1. The first-order valence-electron chi connectivity index (χ1n) is 8.29. The monoisotopic (exact) mass is 351 g/mol. The first-order chi connectivity index (χ1) is 12.0. The van der Waals surface area contributed by atoms with Crippen LogP contribution in [0.15, 0.2) is 4.79 Å². The molecule has 0 aromatic carbocycles. The summed E-state index contributed by atoms with van der Waals surface area (Å²) in [7, 11) is 0. The minimum absolute atomic E-state index is 0.144. The topological polar surface area (TPSA) is 121 Å². The molecule has 2 atom stereocenters. The van der Waals surface area contributed by atoms with Gasteiger partial charge in [0.05, 0.1) is 11.8 Å². The third kappa shape index (κ3) is 3.40. The zero-order valence-corrected chi connectivity index (χ0v) is 14.2. The molecule has 0 aliphatic carbocycles. The standard InChI is InChI=1S/C15H21N5O5/c1-3-4-11-13-14(19(8-21)17-11)15(23)20(18-16-13)12-6-5-10(25-12)7-24-9(2)22/h10,12,21H,3-8H2,1-2H3. The number of aliphatic hydroxyl groups excluding tert-OH is 1. The highest BCUT2D eigenvalue weighted by Gasteiger charge is 2.30. The van der Waals surface area contributed by atoms with Gasteiger partial charge in [0.15, 0.2) is 11.7 Å². The fraction of sp³-hybridized carbons (Fsp3) is 0.667. The number of hydrogen-bond donors (Lipinski definition) is 1. The lowest BCUT2D eigenvalue weighted by Crippen LogP contribution is -2.30. The summed E-state index contributed by atoms with van der Waals surface area (Å²) < 4.78 is 13.1. The Labute approximate surface area is 143 Å². The SMILES string of the molecule is CCCc1nn(CO)c2c(=O)n(C3CCC(COC(C)=O)O3)nnc12. The van der Waals surface area contributed by atoms with E-state index >= 15 is 0 Å². The Morgan fingerprint density at radius 3 is 2.92 bits per heavy atom. The van der Waals surface area contributed by atoms with E-state index in [2.05, 4.69) is 15.4 Å². The zero-order valence-electron chi connectivity index (χ0n) is 14.2. The largest absolute Gasteiger partial charge is 0.463 e. The Kier molecular flexibility index (Phi) is 5.09. The van der Waals surface area contributed by atoms with Crippen molar-refractivity contribution in [1.82, 2.24) is 24.8 Å². The number of carbonyl (C=O) groups is 1. The van der Waals surface area contributed by atoms with Crippen LogP contribution in [0.1, 0.15) is 45.0 Å². The van der Waals surface area contributed by atoms with Gasteiger partial charge in [-0.05, 0) is 19.3 Å². The highest BCUT2D eigenvalue weighted by molar-refractivity contribution is 5.75. The van der Waals surface area contributed by atoms with E-state index in [9.17, 15) is 14.7 Å². The average molecular weight is 351 g/mol. The molecule has 0 amide bonds. The lowest BCUT2D eigenvalue weighted by atomic mass is 10.2. The van der Waals surface area contributed by atoms with Gasteiger partial charge in [-0.25, -0.2) is 4.68 Å². The second-order valence-electron chi connectivity index (χ2n) is 5.97. The van der Waals surface area contributed by atoms with E-state index in [1.165, 1.54) is 16.3 Å². The van der Waals surface area contributed by atoms with Gasteiger partial charge in [0.1, 0.15) is 18.9 Å². The van der Waals surface area contributed by atoms with E-state index in [4.69, 9.17) is 9.47 Å². The molecule has 0 bridgehead atoms. The molecular weight excluding hydrogens is 330 g/mol. The third-order valence-corrected chi connectivity index (χ3v) is 4.10. The lowest BCUT2D eigenvalue weighted by molar-refractivity contribution is -0.145. The quantitative estimate of drug-likeness (QED) is 0.729. The highest BCUT2D eigenvalue weighted by atomic mass is 16.6.